The van der Waals surface area contributed by atoms with E-state index in [2.05, 4.69) is 27.2 Å². The Morgan fingerprint density at radius 1 is 1.02 bits per heavy atom. The van der Waals surface area contributed by atoms with Gasteiger partial charge >= 0.3 is 0 Å². The van der Waals surface area contributed by atoms with E-state index >= 15 is 0 Å². The third-order valence-corrected chi connectivity index (χ3v) is 7.83. The molecule has 4 aromatic rings. The van der Waals surface area contributed by atoms with Crippen LogP contribution in [0.2, 0.25) is 0 Å². The van der Waals surface area contributed by atoms with Gasteiger partial charge in [0, 0.05) is 38.7 Å². The van der Waals surface area contributed by atoms with E-state index in [1.54, 1.807) is 42.3 Å². The van der Waals surface area contributed by atoms with E-state index < -0.39 is 0 Å². The molecule has 0 saturated carbocycles. The summed E-state index contributed by atoms with van der Waals surface area (Å²) in [4.78, 5) is 43.4. The summed E-state index contributed by atoms with van der Waals surface area (Å²) < 4.78 is 11.8. The molecule has 3 aromatic carbocycles. The predicted octanol–water partition coefficient (Wildman–Crippen LogP) is 5.31. The number of likely N-dealkylation sites (N-methyl/N-ethyl adjacent to an activating group) is 1. The Labute approximate surface area is 267 Å². The van der Waals surface area contributed by atoms with Crippen LogP contribution in [0.5, 0.6) is 17.2 Å². The zero-order valence-electron chi connectivity index (χ0n) is 25.7. The zero-order valence-corrected chi connectivity index (χ0v) is 25.7. The summed E-state index contributed by atoms with van der Waals surface area (Å²) in [6.45, 7) is 5.44. The lowest BCUT2D eigenvalue weighted by molar-refractivity contribution is -0.129. The van der Waals surface area contributed by atoms with Crippen molar-refractivity contribution in [2.24, 2.45) is 0 Å². The highest BCUT2D eigenvalue weighted by Crippen LogP contribution is 2.40. The van der Waals surface area contributed by atoms with Gasteiger partial charge in [-0.25, -0.2) is 15.0 Å². The van der Waals surface area contributed by atoms with Crippen molar-refractivity contribution < 1.29 is 23.9 Å². The van der Waals surface area contributed by atoms with Crippen LogP contribution in [-0.2, 0) is 14.4 Å². The molecule has 0 bridgehead atoms. The van der Waals surface area contributed by atoms with Crippen molar-refractivity contribution in [3.63, 3.8) is 0 Å². The molecular weight excluding hydrogens is 586 g/mol. The van der Waals surface area contributed by atoms with Crippen LogP contribution in [0.3, 0.4) is 0 Å². The minimum atomic E-state index is -0.377. The van der Waals surface area contributed by atoms with Gasteiger partial charge in [0.2, 0.25) is 11.8 Å². The second kappa shape index (κ2) is 13.6. The van der Waals surface area contributed by atoms with Crippen LogP contribution in [0.15, 0.2) is 91.8 Å². The van der Waals surface area contributed by atoms with Crippen LogP contribution in [0.25, 0.3) is 0 Å². The molecule has 12 heteroatoms. The average molecular weight is 622 g/mol. The van der Waals surface area contributed by atoms with Crippen LogP contribution < -0.4 is 30.1 Å². The number of ether oxygens (including phenoxy) is 2. The van der Waals surface area contributed by atoms with E-state index in [-0.39, 0.29) is 24.4 Å². The standard InChI is InChI=1S/C34H35N7O5/c1-4-33(42)38-26-18-27(30(44-3)19-29(26)40-15-14-39(2)34(43)21-40)37-31-20-32(36-22-35-31)41-28(13-16-45-41)23-9-8-12-25(17-23)46-24-10-6-5-7-11-24/h4-12,17-20,22,28H,1,13-16,21H2,2-3H3,(H,38,42)(H,35,36,37)/t28-/m1/s1. The second-order valence-corrected chi connectivity index (χ2v) is 10.8. The number of carbonyl (C=O) groups is 2. The summed E-state index contributed by atoms with van der Waals surface area (Å²) in [5.74, 6) is 2.67. The normalized spacial score (nSPS) is 16.3. The number of aromatic nitrogens is 2. The van der Waals surface area contributed by atoms with Gasteiger partial charge in [0.05, 0.1) is 43.4 Å². The second-order valence-electron chi connectivity index (χ2n) is 10.8. The molecule has 0 spiro atoms. The fraction of sp³-hybridized carbons (Fsp3) is 0.235. The van der Waals surface area contributed by atoms with Gasteiger partial charge in [-0.3, -0.25) is 14.4 Å². The summed E-state index contributed by atoms with van der Waals surface area (Å²) in [5.41, 5.74) is 2.75. The van der Waals surface area contributed by atoms with E-state index in [0.29, 0.717) is 54.1 Å². The fourth-order valence-electron chi connectivity index (χ4n) is 5.43. The summed E-state index contributed by atoms with van der Waals surface area (Å²) in [6.07, 6.45) is 3.42. The molecule has 2 saturated heterocycles. The minimum Gasteiger partial charge on any atom is -0.494 e. The maximum atomic E-state index is 12.5. The van der Waals surface area contributed by atoms with Crippen molar-refractivity contribution in [1.82, 2.24) is 14.9 Å². The number of hydroxylamine groups is 1. The lowest BCUT2D eigenvalue weighted by Gasteiger charge is -2.35. The lowest BCUT2D eigenvalue weighted by atomic mass is 10.0. The Bertz CT molecular complexity index is 1730. The molecule has 0 radical (unpaired) electrons. The zero-order chi connectivity index (χ0) is 32.0. The molecule has 3 heterocycles. The quantitative estimate of drug-likeness (QED) is 0.226. The van der Waals surface area contributed by atoms with Gasteiger partial charge in [0.25, 0.3) is 0 Å². The molecule has 2 amide bonds. The number of methoxy groups -OCH3 is 1. The van der Waals surface area contributed by atoms with Crippen molar-refractivity contribution in [2.45, 2.75) is 12.5 Å². The molecule has 6 rings (SSSR count). The van der Waals surface area contributed by atoms with Crippen molar-refractivity contribution >= 4 is 40.5 Å². The minimum absolute atomic E-state index is 0.0141. The number of nitrogens with one attached hydrogen (secondary N) is 2. The van der Waals surface area contributed by atoms with E-state index in [9.17, 15) is 9.59 Å². The molecule has 1 aromatic heterocycles. The molecule has 2 fully saturated rings. The van der Waals surface area contributed by atoms with Crippen LogP contribution in [0, 0.1) is 0 Å². The van der Waals surface area contributed by atoms with Crippen LogP contribution in [0.4, 0.5) is 28.7 Å². The van der Waals surface area contributed by atoms with Crippen LogP contribution in [-0.4, -0.2) is 67.1 Å². The Hall–Kier alpha value is -5.62. The summed E-state index contributed by atoms with van der Waals surface area (Å²) >= 11 is 0. The first kappa shape index (κ1) is 30.4. The smallest absolute Gasteiger partial charge is 0.247 e. The molecule has 1 atom stereocenters. The SMILES string of the molecule is C=CC(=O)Nc1cc(Nc2cc(N3OCC[C@@H]3c3cccc(Oc4ccccc4)c3)ncn2)c(OC)cc1N1CCN(C)C(=O)C1. The number of benzene rings is 3. The first-order chi connectivity index (χ1) is 22.4. The largest absolute Gasteiger partial charge is 0.494 e. The fourth-order valence-corrected chi connectivity index (χ4v) is 5.43. The molecule has 12 nitrogen and oxygen atoms in total. The summed E-state index contributed by atoms with van der Waals surface area (Å²) in [6, 6.07) is 22.9. The highest BCUT2D eigenvalue weighted by Gasteiger charge is 2.30. The number of rotatable bonds is 10. The van der Waals surface area contributed by atoms with Crippen molar-refractivity contribution in [1.29, 1.82) is 0 Å². The third-order valence-electron chi connectivity index (χ3n) is 7.83. The number of hydrogen-bond donors (Lipinski definition) is 2. The summed E-state index contributed by atoms with van der Waals surface area (Å²) in [7, 11) is 3.34. The number of nitrogens with zero attached hydrogens (tertiary/aromatic N) is 5. The molecule has 2 N–H and O–H groups in total. The number of anilines is 5. The predicted molar refractivity (Wildman–Crippen MR) is 176 cm³/mol. The van der Waals surface area contributed by atoms with Gasteiger partial charge in [0.1, 0.15) is 29.4 Å². The van der Waals surface area contributed by atoms with Gasteiger partial charge < -0.3 is 29.9 Å². The lowest BCUT2D eigenvalue weighted by Crippen LogP contribution is -2.48. The number of carbonyl (C=O) groups excluding carboxylic acids is 2. The van der Waals surface area contributed by atoms with E-state index in [4.69, 9.17) is 14.3 Å². The van der Waals surface area contributed by atoms with Crippen LogP contribution in [0.1, 0.15) is 18.0 Å². The monoisotopic (exact) mass is 621 g/mol. The molecule has 46 heavy (non-hydrogen) atoms. The molecule has 2 aliphatic rings. The number of piperazine rings is 1. The maximum Gasteiger partial charge on any atom is 0.247 e. The van der Waals surface area contributed by atoms with E-state index in [0.717, 1.165) is 23.5 Å². The van der Waals surface area contributed by atoms with Gasteiger partial charge in [-0.2, -0.15) is 0 Å². The molecule has 0 unspecified atom stereocenters. The van der Waals surface area contributed by atoms with Gasteiger partial charge in [-0.15, -0.1) is 0 Å². The molecule has 2 aliphatic heterocycles. The van der Waals surface area contributed by atoms with Gasteiger partial charge in [0.15, 0.2) is 5.82 Å². The first-order valence-electron chi connectivity index (χ1n) is 14.9. The van der Waals surface area contributed by atoms with Crippen molar-refractivity contribution in [3.8, 4) is 17.2 Å². The Kier molecular flexibility index (Phi) is 8.97. The molecule has 0 aliphatic carbocycles. The maximum absolute atomic E-state index is 12.5. The number of hydrogen-bond acceptors (Lipinski definition) is 10. The first-order valence-corrected chi connectivity index (χ1v) is 14.9. The summed E-state index contributed by atoms with van der Waals surface area (Å²) in [5, 5.41) is 7.96. The Morgan fingerprint density at radius 3 is 2.63 bits per heavy atom. The topological polar surface area (TPSA) is 121 Å². The molecular formula is C34H35N7O5. The third kappa shape index (κ3) is 6.71. The van der Waals surface area contributed by atoms with Crippen molar-refractivity contribution in [3.05, 3.63) is 97.3 Å². The Balaban J connectivity index is 1.26. The van der Waals surface area contributed by atoms with E-state index in [1.165, 1.54) is 12.4 Å². The number of amides is 2. The highest BCUT2D eigenvalue weighted by atomic mass is 16.7. The van der Waals surface area contributed by atoms with Gasteiger partial charge in [-0.1, -0.05) is 36.9 Å². The highest BCUT2D eigenvalue weighted by molar-refractivity contribution is 6.02. The number of para-hydroxylation sites is 1. The van der Waals surface area contributed by atoms with E-state index in [1.807, 2.05) is 59.5 Å². The van der Waals surface area contributed by atoms with Gasteiger partial charge in [-0.05, 0) is 42.0 Å². The van der Waals surface area contributed by atoms with Crippen molar-refractivity contribution in [2.75, 3.05) is 61.0 Å². The molecule has 236 valence electrons. The van der Waals surface area contributed by atoms with Crippen LogP contribution >= 0.6 is 0 Å². The Morgan fingerprint density at radius 2 is 1.85 bits per heavy atom. The average Bonchev–Trinajstić information content (AvgIpc) is 3.57.